The molecule has 2 aromatic rings. The van der Waals surface area contributed by atoms with Crippen LogP contribution >= 0.6 is 0 Å². The Morgan fingerprint density at radius 2 is 1.95 bits per heavy atom. The minimum absolute atomic E-state index is 0.154. The van der Waals surface area contributed by atoms with Crippen molar-refractivity contribution in [1.29, 1.82) is 0 Å². The van der Waals surface area contributed by atoms with E-state index in [0.29, 0.717) is 17.2 Å². The predicted molar refractivity (Wildman–Crippen MR) is 79.4 cm³/mol. The molecular weight excluding hydrogens is 273 g/mol. The van der Waals surface area contributed by atoms with Crippen LogP contribution in [-0.2, 0) is 0 Å². The third-order valence-electron chi connectivity index (χ3n) is 3.16. The Kier molecular flexibility index (Phi) is 5.00. The summed E-state index contributed by atoms with van der Waals surface area (Å²) in [5, 5.41) is 12.7. The van der Waals surface area contributed by atoms with Gasteiger partial charge < -0.3 is 19.9 Å². The van der Waals surface area contributed by atoms with Crippen LogP contribution in [0.25, 0.3) is 0 Å². The van der Waals surface area contributed by atoms with Gasteiger partial charge in [-0.2, -0.15) is 0 Å². The Labute approximate surface area is 123 Å². The zero-order valence-corrected chi connectivity index (χ0v) is 12.0. The van der Waals surface area contributed by atoms with E-state index in [2.05, 4.69) is 5.32 Å². The number of rotatable bonds is 6. The topological polar surface area (TPSA) is 50.7 Å². The number of hydrogen-bond acceptors (Lipinski definition) is 4. The summed E-state index contributed by atoms with van der Waals surface area (Å²) >= 11 is 0. The maximum atomic E-state index is 13.2. The van der Waals surface area contributed by atoms with E-state index >= 15 is 0 Å². The van der Waals surface area contributed by atoms with Gasteiger partial charge in [-0.15, -0.1) is 0 Å². The van der Waals surface area contributed by atoms with E-state index < -0.39 is 6.04 Å². The van der Waals surface area contributed by atoms with Crippen LogP contribution in [0.4, 0.5) is 10.1 Å². The third-order valence-corrected chi connectivity index (χ3v) is 3.16. The predicted octanol–water partition coefficient (Wildman–Crippen LogP) is 2.99. The SMILES string of the molecule is COc1ccc(C(CO)Nc2cccc(F)c2)c(OC)c1. The van der Waals surface area contributed by atoms with Crippen LogP contribution in [0.5, 0.6) is 11.5 Å². The van der Waals surface area contributed by atoms with Crippen LogP contribution in [0.2, 0.25) is 0 Å². The summed E-state index contributed by atoms with van der Waals surface area (Å²) in [4.78, 5) is 0. The summed E-state index contributed by atoms with van der Waals surface area (Å²) in [6, 6.07) is 11.0. The molecule has 1 unspecified atom stereocenters. The number of aliphatic hydroxyl groups excluding tert-OH is 1. The van der Waals surface area contributed by atoms with Gasteiger partial charge in [-0.25, -0.2) is 4.39 Å². The van der Waals surface area contributed by atoms with Crippen LogP contribution in [0.3, 0.4) is 0 Å². The summed E-state index contributed by atoms with van der Waals surface area (Å²) in [6.45, 7) is -0.154. The highest BCUT2D eigenvalue weighted by Gasteiger charge is 2.16. The van der Waals surface area contributed by atoms with Gasteiger partial charge in [0.2, 0.25) is 0 Å². The van der Waals surface area contributed by atoms with Gasteiger partial charge in [-0.05, 0) is 30.3 Å². The maximum absolute atomic E-state index is 13.2. The number of hydrogen-bond donors (Lipinski definition) is 2. The lowest BCUT2D eigenvalue weighted by Crippen LogP contribution is -2.16. The minimum Gasteiger partial charge on any atom is -0.497 e. The fourth-order valence-electron chi connectivity index (χ4n) is 2.11. The fraction of sp³-hybridized carbons (Fsp3) is 0.250. The van der Waals surface area contributed by atoms with Crippen molar-refractivity contribution in [3.05, 3.63) is 53.8 Å². The molecule has 2 aromatic carbocycles. The quantitative estimate of drug-likeness (QED) is 0.859. The van der Waals surface area contributed by atoms with E-state index in [1.165, 1.54) is 12.1 Å². The van der Waals surface area contributed by atoms with Crippen LogP contribution in [-0.4, -0.2) is 25.9 Å². The molecule has 5 heteroatoms. The number of halogens is 1. The summed E-state index contributed by atoms with van der Waals surface area (Å²) in [5.74, 6) is 0.925. The molecule has 2 N–H and O–H groups in total. The average Bonchev–Trinajstić information content (AvgIpc) is 2.52. The first-order chi connectivity index (χ1) is 10.2. The molecule has 0 fully saturated rings. The van der Waals surface area contributed by atoms with Crippen molar-refractivity contribution in [1.82, 2.24) is 0 Å². The lowest BCUT2D eigenvalue weighted by atomic mass is 10.1. The first kappa shape index (κ1) is 15.1. The molecule has 1 atom stereocenters. The summed E-state index contributed by atoms with van der Waals surface area (Å²) in [5.41, 5.74) is 1.36. The molecule has 21 heavy (non-hydrogen) atoms. The van der Waals surface area contributed by atoms with Crippen LogP contribution < -0.4 is 14.8 Å². The van der Waals surface area contributed by atoms with E-state index in [-0.39, 0.29) is 12.4 Å². The number of nitrogens with one attached hydrogen (secondary N) is 1. The van der Waals surface area contributed by atoms with Crippen molar-refractivity contribution in [3.63, 3.8) is 0 Å². The Morgan fingerprint density at radius 1 is 1.14 bits per heavy atom. The van der Waals surface area contributed by atoms with Crippen molar-refractivity contribution in [2.75, 3.05) is 26.1 Å². The molecule has 0 aliphatic heterocycles. The second-order valence-corrected chi connectivity index (χ2v) is 4.50. The molecule has 0 aliphatic rings. The Bertz CT molecular complexity index is 604. The molecule has 0 spiro atoms. The van der Waals surface area contributed by atoms with Crippen molar-refractivity contribution in [2.24, 2.45) is 0 Å². The van der Waals surface area contributed by atoms with Gasteiger partial charge in [-0.1, -0.05) is 6.07 Å². The maximum Gasteiger partial charge on any atom is 0.127 e. The number of benzene rings is 2. The molecule has 0 aliphatic carbocycles. The molecule has 112 valence electrons. The first-order valence-corrected chi connectivity index (χ1v) is 6.52. The van der Waals surface area contributed by atoms with Gasteiger partial charge in [0.1, 0.15) is 17.3 Å². The lowest BCUT2D eigenvalue weighted by molar-refractivity contribution is 0.272. The van der Waals surface area contributed by atoms with E-state index in [0.717, 1.165) is 5.56 Å². The molecule has 4 nitrogen and oxygen atoms in total. The zero-order valence-electron chi connectivity index (χ0n) is 12.0. The number of anilines is 1. The minimum atomic E-state index is -0.410. The monoisotopic (exact) mass is 291 g/mol. The number of methoxy groups -OCH3 is 2. The zero-order chi connectivity index (χ0) is 15.2. The highest BCUT2D eigenvalue weighted by Crippen LogP contribution is 2.31. The Balaban J connectivity index is 2.28. The van der Waals surface area contributed by atoms with Gasteiger partial charge in [0.25, 0.3) is 0 Å². The fourth-order valence-corrected chi connectivity index (χ4v) is 2.11. The van der Waals surface area contributed by atoms with Crippen molar-refractivity contribution >= 4 is 5.69 Å². The number of aliphatic hydroxyl groups is 1. The van der Waals surface area contributed by atoms with Gasteiger partial charge in [0, 0.05) is 17.3 Å². The van der Waals surface area contributed by atoms with Gasteiger partial charge in [-0.3, -0.25) is 0 Å². The van der Waals surface area contributed by atoms with Crippen molar-refractivity contribution in [3.8, 4) is 11.5 Å². The lowest BCUT2D eigenvalue weighted by Gasteiger charge is -2.21. The molecule has 0 saturated carbocycles. The summed E-state index contributed by atoms with van der Waals surface area (Å²) in [7, 11) is 3.12. The second-order valence-electron chi connectivity index (χ2n) is 4.50. The highest BCUT2D eigenvalue weighted by atomic mass is 19.1. The van der Waals surface area contributed by atoms with Crippen molar-refractivity contribution in [2.45, 2.75) is 6.04 Å². The number of ether oxygens (including phenoxy) is 2. The van der Waals surface area contributed by atoms with Crippen molar-refractivity contribution < 1.29 is 19.0 Å². The molecule has 0 heterocycles. The first-order valence-electron chi connectivity index (χ1n) is 6.52. The summed E-state index contributed by atoms with van der Waals surface area (Å²) < 4.78 is 23.7. The molecule has 0 aromatic heterocycles. The van der Waals surface area contributed by atoms with Crippen LogP contribution in [0.15, 0.2) is 42.5 Å². The van der Waals surface area contributed by atoms with Gasteiger partial charge in [0.05, 0.1) is 26.9 Å². The van der Waals surface area contributed by atoms with E-state index in [1.54, 1.807) is 38.5 Å². The molecule has 0 saturated heterocycles. The largest absolute Gasteiger partial charge is 0.497 e. The van der Waals surface area contributed by atoms with E-state index in [1.807, 2.05) is 6.07 Å². The normalized spacial score (nSPS) is 11.8. The Hall–Kier alpha value is -2.27. The third kappa shape index (κ3) is 3.64. The second kappa shape index (κ2) is 6.95. The smallest absolute Gasteiger partial charge is 0.127 e. The Morgan fingerprint density at radius 3 is 2.57 bits per heavy atom. The van der Waals surface area contributed by atoms with Crippen LogP contribution in [0, 0.1) is 5.82 Å². The summed E-state index contributed by atoms with van der Waals surface area (Å²) in [6.07, 6.45) is 0. The standard InChI is InChI=1S/C16H18FNO3/c1-20-13-6-7-14(16(9-13)21-2)15(10-19)18-12-5-3-4-11(17)8-12/h3-9,15,18-19H,10H2,1-2H3. The van der Waals surface area contributed by atoms with Gasteiger partial charge in [0.15, 0.2) is 0 Å². The van der Waals surface area contributed by atoms with E-state index in [9.17, 15) is 9.50 Å². The molecule has 2 rings (SSSR count). The van der Waals surface area contributed by atoms with Gasteiger partial charge >= 0.3 is 0 Å². The highest BCUT2D eigenvalue weighted by molar-refractivity contribution is 5.49. The average molecular weight is 291 g/mol. The van der Waals surface area contributed by atoms with E-state index in [4.69, 9.17) is 9.47 Å². The molecular formula is C16H18FNO3. The molecule has 0 amide bonds. The molecule has 0 radical (unpaired) electrons. The van der Waals surface area contributed by atoms with Crippen LogP contribution in [0.1, 0.15) is 11.6 Å². The molecule has 0 bridgehead atoms.